The van der Waals surface area contributed by atoms with Crippen molar-refractivity contribution in [2.75, 3.05) is 6.54 Å². The normalized spacial score (nSPS) is 9.86. The minimum Gasteiger partial charge on any atom is -0.347 e. The molecule has 0 aliphatic rings. The van der Waals surface area contributed by atoms with E-state index in [9.17, 15) is 4.79 Å². The van der Waals surface area contributed by atoms with Crippen LogP contribution in [0.2, 0.25) is 0 Å². The Hall–Kier alpha value is -2.09. The molecule has 1 amide bonds. The molecule has 0 bridgehead atoms. The number of carbonyl (C=O) groups excluding carboxylic acids is 1. The molecule has 0 unspecified atom stereocenters. The van der Waals surface area contributed by atoms with Crippen molar-refractivity contribution in [3.63, 3.8) is 0 Å². The van der Waals surface area contributed by atoms with Crippen LogP contribution in [0.3, 0.4) is 0 Å². The Labute approximate surface area is 129 Å². The number of aryl methyl sites for hydroxylation is 2. The number of hydrogen-bond acceptors (Lipinski definition) is 3. The molecule has 3 nitrogen and oxygen atoms in total. The largest absolute Gasteiger partial charge is 0.347 e. The summed E-state index contributed by atoms with van der Waals surface area (Å²) in [7, 11) is 0. The van der Waals surface area contributed by atoms with Gasteiger partial charge in [-0.2, -0.15) is 0 Å². The molecule has 0 fully saturated rings. The first-order chi connectivity index (χ1) is 10.1. The molecule has 1 aromatic heterocycles. The second-order valence-electron chi connectivity index (χ2n) is 4.73. The summed E-state index contributed by atoms with van der Waals surface area (Å²) in [5, 5.41) is 2.93. The third kappa shape index (κ3) is 4.19. The molecule has 0 aliphatic carbocycles. The highest BCUT2D eigenvalue weighted by atomic mass is 32.1. The molecule has 4 heteroatoms. The summed E-state index contributed by atoms with van der Waals surface area (Å²) in [4.78, 5) is 14.6. The lowest BCUT2D eigenvalue weighted by Gasteiger charge is -2.06. The van der Waals surface area contributed by atoms with Crippen LogP contribution in [0.15, 0.2) is 30.3 Å². The van der Waals surface area contributed by atoms with Crippen LogP contribution in [0.5, 0.6) is 0 Å². The van der Waals surface area contributed by atoms with Gasteiger partial charge in [-0.3, -0.25) is 4.79 Å². The zero-order valence-electron chi connectivity index (χ0n) is 12.2. The average Bonchev–Trinajstić information content (AvgIpc) is 2.89. The van der Waals surface area contributed by atoms with Crippen LogP contribution >= 0.6 is 11.3 Å². The number of benzene rings is 1. The maximum Gasteiger partial charge on any atom is 0.251 e. The second kappa shape index (κ2) is 7.07. The summed E-state index contributed by atoms with van der Waals surface area (Å²) in [5.74, 6) is 5.73. The maximum absolute atomic E-state index is 12.2. The van der Waals surface area contributed by atoms with Crippen LogP contribution in [0.4, 0.5) is 0 Å². The number of amides is 1. The van der Waals surface area contributed by atoms with Gasteiger partial charge in [0, 0.05) is 20.9 Å². The molecule has 0 radical (unpaired) electrons. The lowest BCUT2D eigenvalue weighted by molar-refractivity contribution is 0.0951. The quantitative estimate of drug-likeness (QED) is 0.856. The van der Waals surface area contributed by atoms with Crippen molar-refractivity contribution in [2.45, 2.75) is 20.4 Å². The number of rotatable bonds is 3. The van der Waals surface area contributed by atoms with Crippen molar-refractivity contribution in [2.24, 2.45) is 5.73 Å². The van der Waals surface area contributed by atoms with Crippen molar-refractivity contribution in [3.05, 3.63) is 56.8 Å². The van der Waals surface area contributed by atoms with Gasteiger partial charge in [0.25, 0.3) is 5.91 Å². The van der Waals surface area contributed by atoms with Crippen LogP contribution in [0, 0.1) is 25.7 Å². The Bertz CT molecular complexity index is 707. The van der Waals surface area contributed by atoms with Crippen molar-refractivity contribution in [1.29, 1.82) is 0 Å². The number of thiophene rings is 1. The van der Waals surface area contributed by atoms with Crippen LogP contribution in [-0.4, -0.2) is 12.5 Å². The molecule has 1 aromatic carbocycles. The van der Waals surface area contributed by atoms with Crippen LogP contribution in [0.25, 0.3) is 0 Å². The minimum atomic E-state index is -0.0862. The van der Waals surface area contributed by atoms with E-state index in [0.717, 1.165) is 16.0 Å². The lowest BCUT2D eigenvalue weighted by atomic mass is 10.0. The first-order valence-corrected chi connectivity index (χ1v) is 7.55. The van der Waals surface area contributed by atoms with E-state index >= 15 is 0 Å². The highest BCUT2D eigenvalue weighted by Crippen LogP contribution is 2.15. The number of nitrogens with two attached hydrogens (primary N) is 1. The molecule has 0 saturated carbocycles. The fourth-order valence-electron chi connectivity index (χ4n) is 1.89. The topological polar surface area (TPSA) is 55.1 Å². The Morgan fingerprint density at radius 1 is 1.29 bits per heavy atom. The molecular weight excluding hydrogens is 280 g/mol. The smallest absolute Gasteiger partial charge is 0.251 e. The number of hydrogen-bond donors (Lipinski definition) is 2. The Balaban J connectivity index is 2.08. The van der Waals surface area contributed by atoms with E-state index in [2.05, 4.69) is 30.1 Å². The van der Waals surface area contributed by atoms with Gasteiger partial charge in [0.2, 0.25) is 0 Å². The van der Waals surface area contributed by atoms with Crippen LogP contribution < -0.4 is 11.1 Å². The van der Waals surface area contributed by atoms with Crippen molar-refractivity contribution in [3.8, 4) is 11.8 Å². The maximum atomic E-state index is 12.2. The average molecular weight is 298 g/mol. The Morgan fingerprint density at radius 2 is 2.10 bits per heavy atom. The minimum absolute atomic E-state index is 0.0862. The molecule has 3 N–H and O–H groups in total. The van der Waals surface area contributed by atoms with Gasteiger partial charge in [0.1, 0.15) is 0 Å². The zero-order chi connectivity index (χ0) is 15.2. The Morgan fingerprint density at radius 3 is 2.76 bits per heavy atom. The molecule has 108 valence electrons. The van der Waals surface area contributed by atoms with Gasteiger partial charge < -0.3 is 11.1 Å². The second-order valence-corrected chi connectivity index (χ2v) is 6.10. The molecule has 1 heterocycles. The van der Waals surface area contributed by atoms with Gasteiger partial charge in [0.15, 0.2) is 0 Å². The first-order valence-electron chi connectivity index (χ1n) is 6.73. The van der Waals surface area contributed by atoms with Crippen LogP contribution in [-0.2, 0) is 6.54 Å². The van der Waals surface area contributed by atoms with E-state index in [0.29, 0.717) is 18.7 Å². The molecule has 0 spiro atoms. The zero-order valence-corrected chi connectivity index (χ0v) is 13.0. The van der Waals surface area contributed by atoms with Gasteiger partial charge >= 0.3 is 0 Å². The fraction of sp³-hybridized carbons (Fsp3) is 0.235. The van der Waals surface area contributed by atoms with Gasteiger partial charge in [-0.25, -0.2) is 0 Å². The molecule has 2 rings (SSSR count). The van der Waals surface area contributed by atoms with Crippen LogP contribution in [0.1, 0.15) is 31.2 Å². The van der Waals surface area contributed by atoms with Crippen molar-refractivity contribution in [1.82, 2.24) is 5.32 Å². The molecule has 0 aliphatic heterocycles. The predicted octanol–water partition coefficient (Wildman–Crippen LogP) is 2.61. The van der Waals surface area contributed by atoms with Crippen molar-refractivity contribution < 1.29 is 4.79 Å². The number of carbonyl (C=O) groups is 1. The monoisotopic (exact) mass is 298 g/mol. The van der Waals surface area contributed by atoms with E-state index in [1.165, 1.54) is 4.88 Å². The third-order valence-corrected chi connectivity index (χ3v) is 4.04. The lowest BCUT2D eigenvalue weighted by Crippen LogP contribution is -2.22. The first kappa shape index (κ1) is 15.3. The number of nitrogens with one attached hydrogen (secondary N) is 1. The van der Waals surface area contributed by atoms with E-state index in [4.69, 9.17) is 5.73 Å². The summed E-state index contributed by atoms with van der Waals surface area (Å²) in [5.41, 5.74) is 7.90. The van der Waals surface area contributed by atoms with E-state index in [1.54, 1.807) is 11.3 Å². The van der Waals surface area contributed by atoms with Crippen molar-refractivity contribution >= 4 is 17.2 Å². The van der Waals surface area contributed by atoms with E-state index in [-0.39, 0.29) is 5.91 Å². The summed E-state index contributed by atoms with van der Waals surface area (Å²) in [6.45, 7) is 4.89. The molecule has 0 atom stereocenters. The molecule has 0 saturated heterocycles. The SMILES string of the molecule is Cc1ccc(CNC(=O)c2ccc(C)c(C#CCN)c2)s1. The van der Waals surface area contributed by atoms with Gasteiger partial charge in [-0.1, -0.05) is 17.9 Å². The van der Waals surface area contributed by atoms with Gasteiger partial charge in [-0.15, -0.1) is 11.3 Å². The summed E-state index contributed by atoms with van der Waals surface area (Å²) >= 11 is 1.69. The summed E-state index contributed by atoms with van der Waals surface area (Å²) < 4.78 is 0. The standard InChI is InChI=1S/C17H18N2OS/c1-12-5-7-15(10-14(12)4-3-9-18)17(20)19-11-16-8-6-13(2)21-16/h5-8,10H,9,11,18H2,1-2H3,(H,19,20). The summed E-state index contributed by atoms with van der Waals surface area (Å²) in [6, 6.07) is 9.63. The predicted molar refractivity (Wildman–Crippen MR) is 87.3 cm³/mol. The van der Waals surface area contributed by atoms with E-state index in [1.807, 2.05) is 31.2 Å². The van der Waals surface area contributed by atoms with E-state index < -0.39 is 0 Å². The third-order valence-electron chi connectivity index (χ3n) is 3.04. The molecule has 21 heavy (non-hydrogen) atoms. The Kier molecular flexibility index (Phi) is 5.15. The molecule has 2 aromatic rings. The fourth-order valence-corrected chi connectivity index (χ4v) is 2.72. The van der Waals surface area contributed by atoms with Gasteiger partial charge in [0.05, 0.1) is 13.1 Å². The highest BCUT2D eigenvalue weighted by molar-refractivity contribution is 7.11. The highest BCUT2D eigenvalue weighted by Gasteiger charge is 2.07. The van der Waals surface area contributed by atoms with Gasteiger partial charge in [-0.05, 0) is 43.7 Å². The summed E-state index contributed by atoms with van der Waals surface area (Å²) in [6.07, 6.45) is 0. The molecular formula is C17H18N2OS.